The van der Waals surface area contributed by atoms with Crippen molar-refractivity contribution in [1.82, 2.24) is 9.88 Å². The van der Waals surface area contributed by atoms with Crippen LogP contribution in [0.15, 0.2) is 42.5 Å². The Kier molecular flexibility index (Phi) is 4.33. The van der Waals surface area contributed by atoms with Gasteiger partial charge in [-0.1, -0.05) is 24.3 Å². The molecule has 1 aromatic heterocycles. The van der Waals surface area contributed by atoms with E-state index in [1.165, 1.54) is 0 Å². The monoisotopic (exact) mass is 309 g/mol. The summed E-state index contributed by atoms with van der Waals surface area (Å²) in [4.78, 5) is 21.5. The molecule has 23 heavy (non-hydrogen) atoms. The van der Waals surface area contributed by atoms with Gasteiger partial charge in [0.25, 0.3) is 5.91 Å². The molecule has 1 aliphatic heterocycles. The van der Waals surface area contributed by atoms with E-state index in [2.05, 4.69) is 11.1 Å². The Balaban J connectivity index is 1.89. The van der Waals surface area contributed by atoms with Crippen LogP contribution in [0.25, 0.3) is 0 Å². The first-order valence-corrected chi connectivity index (χ1v) is 8.09. The number of hydrogen-bond donors (Lipinski definition) is 0. The maximum atomic E-state index is 12.8. The van der Waals surface area contributed by atoms with Gasteiger partial charge in [0.1, 0.15) is 5.82 Å². The van der Waals surface area contributed by atoms with Crippen LogP contribution in [0.4, 0.5) is 5.82 Å². The summed E-state index contributed by atoms with van der Waals surface area (Å²) in [5.74, 6) is 1.06. The number of carbonyl (C=O) groups excluding carboxylic acids is 1. The number of amides is 1. The third-order valence-electron chi connectivity index (χ3n) is 4.46. The number of likely N-dealkylation sites (tertiary alicyclic amines) is 1. The summed E-state index contributed by atoms with van der Waals surface area (Å²) in [5.41, 5.74) is 2.93. The molecule has 2 heterocycles. The molecule has 0 bridgehead atoms. The molecular formula is C19H23N3O. The average Bonchev–Trinajstić information content (AvgIpc) is 3.04. The van der Waals surface area contributed by atoms with E-state index in [1.807, 2.05) is 67.2 Å². The quantitative estimate of drug-likeness (QED) is 0.871. The van der Waals surface area contributed by atoms with Gasteiger partial charge in [-0.25, -0.2) is 4.98 Å². The second-order valence-electron chi connectivity index (χ2n) is 6.26. The van der Waals surface area contributed by atoms with Crippen LogP contribution in [0.3, 0.4) is 0 Å². The molecule has 0 aliphatic carbocycles. The molecule has 0 radical (unpaired) electrons. The van der Waals surface area contributed by atoms with Gasteiger partial charge in [-0.05, 0) is 43.5 Å². The second kappa shape index (κ2) is 6.41. The lowest BCUT2D eigenvalue weighted by molar-refractivity contribution is 0.0735. The minimum Gasteiger partial charge on any atom is -0.363 e. The normalized spacial score (nSPS) is 17.3. The first kappa shape index (κ1) is 15.5. The molecular weight excluding hydrogens is 286 g/mol. The van der Waals surface area contributed by atoms with E-state index >= 15 is 0 Å². The van der Waals surface area contributed by atoms with Crippen LogP contribution >= 0.6 is 0 Å². The topological polar surface area (TPSA) is 36.4 Å². The molecule has 4 nitrogen and oxygen atoms in total. The van der Waals surface area contributed by atoms with Gasteiger partial charge in [0, 0.05) is 31.9 Å². The number of nitrogens with zero attached hydrogens (tertiary/aromatic N) is 3. The molecule has 0 N–H and O–H groups in total. The lowest BCUT2D eigenvalue weighted by Gasteiger charge is -2.26. The van der Waals surface area contributed by atoms with Crippen LogP contribution in [0, 0.1) is 6.92 Å². The number of carbonyl (C=O) groups is 1. The van der Waals surface area contributed by atoms with E-state index in [0.717, 1.165) is 42.0 Å². The second-order valence-corrected chi connectivity index (χ2v) is 6.26. The Bertz CT molecular complexity index is 697. The molecule has 0 spiro atoms. The van der Waals surface area contributed by atoms with Gasteiger partial charge in [-0.15, -0.1) is 0 Å². The van der Waals surface area contributed by atoms with E-state index in [4.69, 9.17) is 0 Å². The van der Waals surface area contributed by atoms with Crippen LogP contribution < -0.4 is 4.90 Å². The Morgan fingerprint density at radius 1 is 1.17 bits per heavy atom. The Morgan fingerprint density at radius 2 is 1.91 bits per heavy atom. The van der Waals surface area contributed by atoms with E-state index in [-0.39, 0.29) is 11.9 Å². The SMILES string of the molecule is Cc1nc(N(C)C)ccc1[C@@H]1CCCN1C(=O)c1ccccc1. The fraction of sp³-hybridized carbons (Fsp3) is 0.368. The minimum atomic E-state index is 0.115. The molecule has 120 valence electrons. The predicted molar refractivity (Wildman–Crippen MR) is 92.8 cm³/mol. The predicted octanol–water partition coefficient (Wildman–Crippen LogP) is 3.43. The smallest absolute Gasteiger partial charge is 0.254 e. The van der Waals surface area contributed by atoms with E-state index < -0.39 is 0 Å². The molecule has 0 unspecified atom stereocenters. The first-order chi connectivity index (χ1) is 11.1. The van der Waals surface area contributed by atoms with Crippen molar-refractivity contribution in [2.75, 3.05) is 25.5 Å². The van der Waals surface area contributed by atoms with Gasteiger partial charge in [0.05, 0.1) is 6.04 Å². The van der Waals surface area contributed by atoms with Crippen molar-refractivity contribution in [1.29, 1.82) is 0 Å². The lowest BCUT2D eigenvalue weighted by Crippen LogP contribution is -2.31. The van der Waals surface area contributed by atoms with Crippen molar-refractivity contribution in [3.05, 3.63) is 59.3 Å². The van der Waals surface area contributed by atoms with Crippen LogP contribution in [0.5, 0.6) is 0 Å². The van der Waals surface area contributed by atoms with Crippen LogP contribution in [0.1, 0.15) is 40.5 Å². The number of hydrogen-bond acceptors (Lipinski definition) is 3. The summed E-state index contributed by atoms with van der Waals surface area (Å²) in [6.07, 6.45) is 2.04. The summed E-state index contributed by atoms with van der Waals surface area (Å²) in [6.45, 7) is 2.85. The van der Waals surface area contributed by atoms with Crippen molar-refractivity contribution in [3.8, 4) is 0 Å². The average molecular weight is 309 g/mol. The number of anilines is 1. The van der Waals surface area contributed by atoms with E-state index in [1.54, 1.807) is 0 Å². The fourth-order valence-electron chi connectivity index (χ4n) is 3.24. The van der Waals surface area contributed by atoms with Crippen molar-refractivity contribution in [2.24, 2.45) is 0 Å². The van der Waals surface area contributed by atoms with Crippen molar-refractivity contribution in [3.63, 3.8) is 0 Å². The maximum Gasteiger partial charge on any atom is 0.254 e. The molecule has 4 heteroatoms. The van der Waals surface area contributed by atoms with Crippen molar-refractivity contribution < 1.29 is 4.79 Å². The van der Waals surface area contributed by atoms with E-state index in [0.29, 0.717) is 0 Å². The fourth-order valence-corrected chi connectivity index (χ4v) is 3.24. The van der Waals surface area contributed by atoms with Gasteiger partial charge in [-0.3, -0.25) is 4.79 Å². The summed E-state index contributed by atoms with van der Waals surface area (Å²) < 4.78 is 0. The molecule has 2 aromatic rings. The van der Waals surface area contributed by atoms with Gasteiger partial charge in [-0.2, -0.15) is 0 Å². The first-order valence-electron chi connectivity index (χ1n) is 8.09. The zero-order chi connectivity index (χ0) is 16.4. The highest BCUT2D eigenvalue weighted by molar-refractivity contribution is 5.94. The Labute approximate surface area is 137 Å². The molecule has 0 saturated carbocycles. The Hall–Kier alpha value is -2.36. The van der Waals surface area contributed by atoms with Gasteiger partial charge in [0.2, 0.25) is 0 Å². The summed E-state index contributed by atoms with van der Waals surface area (Å²) in [7, 11) is 3.98. The Morgan fingerprint density at radius 3 is 2.57 bits per heavy atom. The van der Waals surface area contributed by atoms with Crippen LogP contribution in [-0.2, 0) is 0 Å². The highest BCUT2D eigenvalue weighted by Crippen LogP contribution is 2.34. The lowest BCUT2D eigenvalue weighted by atomic mass is 10.0. The number of benzene rings is 1. The largest absolute Gasteiger partial charge is 0.363 e. The highest BCUT2D eigenvalue weighted by Gasteiger charge is 2.31. The zero-order valence-electron chi connectivity index (χ0n) is 14.0. The van der Waals surface area contributed by atoms with Crippen molar-refractivity contribution in [2.45, 2.75) is 25.8 Å². The number of aromatic nitrogens is 1. The molecule has 3 rings (SSSR count). The minimum absolute atomic E-state index is 0.115. The number of pyridine rings is 1. The summed E-state index contributed by atoms with van der Waals surface area (Å²) >= 11 is 0. The van der Waals surface area contributed by atoms with Gasteiger partial charge >= 0.3 is 0 Å². The number of rotatable bonds is 3. The number of aryl methyl sites for hydroxylation is 1. The summed E-state index contributed by atoms with van der Waals surface area (Å²) in [5, 5.41) is 0. The zero-order valence-corrected chi connectivity index (χ0v) is 14.0. The van der Waals surface area contributed by atoms with Crippen molar-refractivity contribution >= 4 is 11.7 Å². The van der Waals surface area contributed by atoms with E-state index in [9.17, 15) is 4.79 Å². The maximum absolute atomic E-state index is 12.8. The third kappa shape index (κ3) is 3.07. The van der Waals surface area contributed by atoms with Gasteiger partial charge in [0.15, 0.2) is 0 Å². The molecule has 1 amide bonds. The summed E-state index contributed by atoms with van der Waals surface area (Å²) in [6, 6.07) is 13.8. The third-order valence-corrected chi connectivity index (χ3v) is 4.46. The van der Waals surface area contributed by atoms with Crippen LogP contribution in [0.2, 0.25) is 0 Å². The molecule has 1 aliphatic rings. The van der Waals surface area contributed by atoms with Gasteiger partial charge < -0.3 is 9.80 Å². The molecule has 1 saturated heterocycles. The molecule has 1 atom stereocenters. The molecule has 1 aromatic carbocycles. The van der Waals surface area contributed by atoms with Crippen LogP contribution in [-0.4, -0.2) is 36.4 Å². The highest BCUT2D eigenvalue weighted by atomic mass is 16.2. The standard InChI is InChI=1S/C19H23N3O/c1-14-16(11-12-18(20-14)21(2)3)17-10-7-13-22(17)19(23)15-8-5-4-6-9-15/h4-6,8-9,11-12,17H,7,10,13H2,1-3H3/t17-/m0/s1. The molecule has 1 fully saturated rings.